The molecule has 2 nitrogen and oxygen atoms in total. The molecule has 0 amide bonds. The fourth-order valence-electron chi connectivity index (χ4n) is 1.87. The standard InChI is InChI=1S/C14H11ClN2S/c1-10-9-17(18-12-5-3-2-4-6-12)14-13(10)7-11(15)8-16-14/h2-9H,1H3. The third kappa shape index (κ3) is 2.11. The molecule has 0 saturated heterocycles. The highest BCUT2D eigenvalue weighted by Crippen LogP contribution is 2.29. The molecule has 2 heterocycles. The van der Waals surface area contributed by atoms with Crippen LogP contribution in [0.25, 0.3) is 11.0 Å². The van der Waals surface area contributed by atoms with E-state index < -0.39 is 0 Å². The molecule has 3 rings (SSSR count). The van der Waals surface area contributed by atoms with Crippen molar-refractivity contribution in [3.63, 3.8) is 0 Å². The van der Waals surface area contributed by atoms with Crippen molar-refractivity contribution in [3.05, 3.63) is 59.4 Å². The van der Waals surface area contributed by atoms with Crippen LogP contribution in [-0.2, 0) is 0 Å². The van der Waals surface area contributed by atoms with Gasteiger partial charge in [-0.3, -0.25) is 3.97 Å². The van der Waals surface area contributed by atoms with Gasteiger partial charge in [-0.25, -0.2) is 4.98 Å². The second kappa shape index (κ2) is 4.67. The summed E-state index contributed by atoms with van der Waals surface area (Å²) < 4.78 is 2.08. The first-order chi connectivity index (χ1) is 8.74. The van der Waals surface area contributed by atoms with E-state index in [1.807, 2.05) is 24.3 Å². The third-order valence-electron chi connectivity index (χ3n) is 2.72. The minimum Gasteiger partial charge on any atom is -0.270 e. The van der Waals surface area contributed by atoms with Gasteiger partial charge in [-0.15, -0.1) is 0 Å². The number of benzene rings is 1. The summed E-state index contributed by atoms with van der Waals surface area (Å²) in [5, 5.41) is 1.78. The summed E-state index contributed by atoms with van der Waals surface area (Å²) in [6.45, 7) is 2.07. The molecule has 0 atom stereocenters. The van der Waals surface area contributed by atoms with E-state index in [4.69, 9.17) is 11.6 Å². The van der Waals surface area contributed by atoms with E-state index >= 15 is 0 Å². The number of hydrogen-bond donors (Lipinski definition) is 0. The fraction of sp³-hybridized carbons (Fsp3) is 0.0714. The minimum absolute atomic E-state index is 0.674. The fourth-order valence-corrected chi connectivity index (χ4v) is 2.98. The van der Waals surface area contributed by atoms with Crippen LogP contribution in [-0.4, -0.2) is 8.96 Å². The molecule has 3 aromatic rings. The quantitative estimate of drug-likeness (QED) is 0.682. The zero-order valence-corrected chi connectivity index (χ0v) is 11.4. The number of aryl methyl sites for hydroxylation is 1. The Bertz CT molecular complexity index is 692. The molecule has 90 valence electrons. The molecule has 0 spiro atoms. The Kier molecular flexibility index (Phi) is 3.02. The summed E-state index contributed by atoms with van der Waals surface area (Å²) in [5.74, 6) is 0. The van der Waals surface area contributed by atoms with Crippen molar-refractivity contribution in [1.29, 1.82) is 0 Å². The van der Waals surface area contributed by atoms with E-state index in [0.29, 0.717) is 5.02 Å². The first-order valence-corrected chi connectivity index (χ1v) is 6.76. The topological polar surface area (TPSA) is 17.8 Å². The van der Waals surface area contributed by atoms with Crippen LogP contribution in [0.4, 0.5) is 0 Å². The van der Waals surface area contributed by atoms with Gasteiger partial charge in [0.05, 0.1) is 5.02 Å². The number of halogens is 1. The maximum Gasteiger partial charge on any atom is 0.150 e. The minimum atomic E-state index is 0.674. The highest BCUT2D eigenvalue weighted by Gasteiger charge is 2.08. The Morgan fingerprint density at radius 3 is 2.78 bits per heavy atom. The molecule has 0 aliphatic heterocycles. The molecular weight excluding hydrogens is 264 g/mol. The van der Waals surface area contributed by atoms with Crippen LogP contribution in [0.5, 0.6) is 0 Å². The Morgan fingerprint density at radius 1 is 1.22 bits per heavy atom. The summed E-state index contributed by atoms with van der Waals surface area (Å²) in [7, 11) is 0. The predicted molar refractivity (Wildman–Crippen MR) is 77.2 cm³/mol. The van der Waals surface area contributed by atoms with Crippen molar-refractivity contribution >= 4 is 34.6 Å². The highest BCUT2D eigenvalue weighted by atomic mass is 35.5. The van der Waals surface area contributed by atoms with Crippen LogP contribution in [0.15, 0.2) is 53.7 Å². The lowest BCUT2D eigenvalue weighted by Crippen LogP contribution is -1.86. The molecule has 0 aliphatic carbocycles. The van der Waals surface area contributed by atoms with Gasteiger partial charge in [-0.1, -0.05) is 29.8 Å². The van der Waals surface area contributed by atoms with Crippen LogP contribution in [0.2, 0.25) is 5.02 Å². The molecule has 0 bridgehead atoms. The zero-order chi connectivity index (χ0) is 12.5. The van der Waals surface area contributed by atoms with Gasteiger partial charge < -0.3 is 0 Å². The Labute approximate surface area is 115 Å². The van der Waals surface area contributed by atoms with E-state index in [1.165, 1.54) is 10.5 Å². The van der Waals surface area contributed by atoms with Gasteiger partial charge in [-0.2, -0.15) is 0 Å². The predicted octanol–water partition coefficient (Wildman–Crippen LogP) is 4.55. The lowest BCUT2D eigenvalue weighted by Gasteiger charge is -2.03. The molecular formula is C14H11ClN2S. The van der Waals surface area contributed by atoms with Crippen molar-refractivity contribution in [2.75, 3.05) is 0 Å². The normalized spacial score (nSPS) is 11.0. The average molecular weight is 275 g/mol. The number of nitrogens with zero attached hydrogens (tertiary/aromatic N) is 2. The average Bonchev–Trinajstić information content (AvgIpc) is 2.67. The van der Waals surface area contributed by atoms with Gasteiger partial charge in [0.2, 0.25) is 0 Å². The van der Waals surface area contributed by atoms with Crippen molar-refractivity contribution in [1.82, 2.24) is 8.96 Å². The van der Waals surface area contributed by atoms with Crippen LogP contribution >= 0.6 is 23.5 Å². The summed E-state index contributed by atoms with van der Waals surface area (Å²) in [5.41, 5.74) is 2.13. The van der Waals surface area contributed by atoms with Crippen molar-refractivity contribution < 1.29 is 0 Å². The summed E-state index contributed by atoms with van der Waals surface area (Å²) in [6, 6.07) is 12.2. The van der Waals surface area contributed by atoms with Crippen LogP contribution in [0.3, 0.4) is 0 Å². The van der Waals surface area contributed by atoms with Crippen LogP contribution in [0.1, 0.15) is 5.56 Å². The van der Waals surface area contributed by atoms with E-state index in [2.05, 4.69) is 34.2 Å². The summed E-state index contributed by atoms with van der Waals surface area (Å²) in [6.07, 6.45) is 3.77. The Morgan fingerprint density at radius 2 is 2.00 bits per heavy atom. The highest BCUT2D eigenvalue weighted by molar-refractivity contribution is 7.98. The third-order valence-corrected chi connectivity index (χ3v) is 3.89. The summed E-state index contributed by atoms with van der Waals surface area (Å²) >= 11 is 7.64. The SMILES string of the molecule is Cc1cn(Sc2ccccc2)c2ncc(Cl)cc12. The van der Waals surface area contributed by atoms with E-state index in [1.54, 1.807) is 18.1 Å². The second-order valence-corrected chi connectivity index (χ2v) is 5.55. The van der Waals surface area contributed by atoms with Gasteiger partial charge in [0.15, 0.2) is 5.65 Å². The van der Waals surface area contributed by atoms with Gasteiger partial charge in [0.25, 0.3) is 0 Å². The first kappa shape index (κ1) is 11.6. The maximum absolute atomic E-state index is 5.98. The largest absolute Gasteiger partial charge is 0.270 e. The van der Waals surface area contributed by atoms with Gasteiger partial charge in [0.1, 0.15) is 0 Å². The van der Waals surface area contributed by atoms with E-state index in [-0.39, 0.29) is 0 Å². The van der Waals surface area contributed by atoms with Crippen molar-refractivity contribution in [3.8, 4) is 0 Å². The van der Waals surface area contributed by atoms with E-state index in [0.717, 1.165) is 11.0 Å². The molecule has 0 aliphatic rings. The molecule has 0 saturated carbocycles. The van der Waals surface area contributed by atoms with E-state index in [9.17, 15) is 0 Å². The van der Waals surface area contributed by atoms with Gasteiger partial charge >= 0.3 is 0 Å². The molecule has 0 radical (unpaired) electrons. The molecule has 0 fully saturated rings. The Hall–Kier alpha value is -1.45. The Balaban J connectivity index is 2.08. The number of rotatable bonds is 2. The van der Waals surface area contributed by atoms with Crippen molar-refractivity contribution in [2.45, 2.75) is 11.8 Å². The molecule has 18 heavy (non-hydrogen) atoms. The number of fused-ring (bicyclic) bond motifs is 1. The molecule has 4 heteroatoms. The lowest BCUT2D eigenvalue weighted by molar-refractivity contribution is 1.24. The van der Waals surface area contributed by atoms with Crippen LogP contribution in [0, 0.1) is 6.92 Å². The second-order valence-electron chi connectivity index (χ2n) is 4.07. The lowest BCUT2D eigenvalue weighted by atomic mass is 10.2. The zero-order valence-electron chi connectivity index (χ0n) is 9.80. The van der Waals surface area contributed by atoms with Gasteiger partial charge in [0, 0.05) is 22.7 Å². The van der Waals surface area contributed by atoms with Crippen molar-refractivity contribution in [2.24, 2.45) is 0 Å². The molecule has 0 unspecified atom stereocenters. The van der Waals surface area contributed by atoms with Gasteiger partial charge in [-0.05, 0) is 42.6 Å². The monoisotopic (exact) mass is 274 g/mol. The number of hydrogen-bond acceptors (Lipinski definition) is 2. The van der Waals surface area contributed by atoms with Crippen LogP contribution < -0.4 is 0 Å². The number of aromatic nitrogens is 2. The molecule has 1 aromatic carbocycles. The molecule has 0 N–H and O–H groups in total. The molecule has 2 aromatic heterocycles. The maximum atomic E-state index is 5.98. The smallest absolute Gasteiger partial charge is 0.150 e. The summed E-state index contributed by atoms with van der Waals surface area (Å²) in [4.78, 5) is 5.59. The first-order valence-electron chi connectivity index (χ1n) is 5.60. The number of pyridine rings is 1.